The Kier molecular flexibility index (Phi) is 20.8. The summed E-state index contributed by atoms with van der Waals surface area (Å²) in [5.74, 6) is -1.14. The van der Waals surface area contributed by atoms with Crippen molar-refractivity contribution in [2.75, 3.05) is 37.8 Å². The van der Waals surface area contributed by atoms with Gasteiger partial charge in [-0.15, -0.1) is 0 Å². The van der Waals surface area contributed by atoms with Gasteiger partial charge in [-0.3, -0.25) is 32.5 Å². The SMILES string of the molecule is CCCCCCC/C=C/C=C/C(=O)SCCNC(=O)CCNC(=O)C(O)C(C)(C)COP(=O)(O)OP(=O)(O)OCC1OC(n2cnc3c(N)ncnc32)C(O)C1OP(=O)(O)O. The van der Waals surface area contributed by atoms with Crippen molar-refractivity contribution >= 4 is 69.1 Å². The van der Waals surface area contributed by atoms with E-state index in [2.05, 4.69) is 41.3 Å². The Balaban J connectivity index is 1.41. The first-order chi connectivity index (χ1) is 28.6. The molecule has 0 spiro atoms. The predicted octanol–water partition coefficient (Wildman–Crippen LogP) is 2.14. The summed E-state index contributed by atoms with van der Waals surface area (Å²) in [5.41, 5.74) is 4.26. The monoisotopic (exact) mass is 945 g/mol. The number of nitrogens with zero attached hydrogens (tertiary/aromatic N) is 4. The number of aliphatic hydroxyl groups excluding tert-OH is 2. The molecule has 344 valence electrons. The number of hydrogen-bond acceptors (Lipinski definition) is 18. The number of carbonyl (C=O) groups is 3. The molecular formula is C33H54N7O17P3S. The summed E-state index contributed by atoms with van der Waals surface area (Å²) in [5, 5.41) is 26.3. The molecule has 7 atom stereocenters. The Labute approximate surface area is 355 Å². The number of amides is 2. The highest BCUT2D eigenvalue weighted by atomic mass is 32.2. The highest BCUT2D eigenvalue weighted by Gasteiger charge is 2.50. The van der Waals surface area contributed by atoms with Crippen LogP contribution in [0.15, 0.2) is 37.0 Å². The smallest absolute Gasteiger partial charge is 0.386 e. The Morgan fingerprint density at radius 3 is 2.43 bits per heavy atom. The molecule has 2 aromatic heterocycles. The Hall–Kier alpha value is -2.96. The standard InChI is InChI=1S/C33H54N7O17P3S/c1-4-5-6-7-8-9-10-11-12-13-24(42)61-17-16-35-23(41)14-15-36-31(45)28(44)33(2,3)19-54-60(51,52)57-59(49,50)53-18-22-27(56-58(46,47)48)26(43)32(55-22)40-21-39-25-29(34)37-20-38-30(25)40/h10-13,20-22,26-28,32,43-44H,4-9,14-19H2,1-3H3,(H,35,41)(H,36,45)(H,49,50)(H,51,52)(H2,34,37,38)(H2,46,47,48)/b11-10+,13-12+. The van der Waals surface area contributed by atoms with Gasteiger partial charge in [0.2, 0.25) is 16.9 Å². The molecule has 2 aromatic rings. The first kappa shape index (κ1) is 52.4. The van der Waals surface area contributed by atoms with Crippen LogP contribution < -0.4 is 16.4 Å². The quantitative estimate of drug-likeness (QED) is 0.0268. The molecule has 0 bridgehead atoms. The first-order valence-corrected chi connectivity index (χ1v) is 24.5. The molecule has 3 heterocycles. The van der Waals surface area contributed by atoms with Crippen LogP contribution in [0.5, 0.6) is 0 Å². The van der Waals surface area contributed by atoms with Gasteiger partial charge in [-0.25, -0.2) is 28.6 Å². The number of allylic oxidation sites excluding steroid dienone is 3. The van der Waals surface area contributed by atoms with E-state index in [1.165, 1.54) is 45.6 Å². The van der Waals surface area contributed by atoms with Crippen molar-refractivity contribution in [2.45, 2.75) is 96.4 Å². The summed E-state index contributed by atoms with van der Waals surface area (Å²) in [6.45, 7) is 2.64. The minimum absolute atomic E-state index is 0.0304. The van der Waals surface area contributed by atoms with E-state index in [1.807, 2.05) is 12.2 Å². The largest absolute Gasteiger partial charge is 0.481 e. The van der Waals surface area contributed by atoms with Crippen LogP contribution in [-0.4, -0.2) is 123 Å². The average molecular weight is 946 g/mol. The zero-order valence-corrected chi connectivity index (χ0v) is 37.1. The molecule has 7 unspecified atom stereocenters. The number of fused-ring (bicyclic) bond motifs is 1. The zero-order valence-electron chi connectivity index (χ0n) is 33.6. The van der Waals surface area contributed by atoms with E-state index in [4.69, 9.17) is 19.5 Å². The van der Waals surface area contributed by atoms with Gasteiger partial charge in [0.05, 0.1) is 19.5 Å². The van der Waals surface area contributed by atoms with Gasteiger partial charge in [0, 0.05) is 30.7 Å². The van der Waals surface area contributed by atoms with Crippen molar-refractivity contribution in [3.63, 3.8) is 0 Å². The third kappa shape index (κ3) is 18.0. The lowest BCUT2D eigenvalue weighted by molar-refractivity contribution is -0.137. The molecule has 1 saturated heterocycles. The van der Waals surface area contributed by atoms with Crippen LogP contribution in [-0.2, 0) is 50.7 Å². The fourth-order valence-electron chi connectivity index (χ4n) is 5.50. The third-order valence-corrected chi connectivity index (χ3v) is 12.6. The highest BCUT2D eigenvalue weighted by Crippen LogP contribution is 2.61. The number of carbonyl (C=O) groups excluding carboxylic acids is 3. The van der Waals surface area contributed by atoms with Crippen LogP contribution in [0.1, 0.15) is 71.9 Å². The number of imidazole rings is 1. The number of nitrogens with two attached hydrogens (primary N) is 1. The van der Waals surface area contributed by atoms with E-state index in [0.717, 1.165) is 41.8 Å². The van der Waals surface area contributed by atoms with E-state index in [-0.39, 0.29) is 41.6 Å². The van der Waals surface area contributed by atoms with E-state index in [0.29, 0.717) is 5.75 Å². The predicted molar refractivity (Wildman–Crippen MR) is 219 cm³/mol. The van der Waals surface area contributed by atoms with Gasteiger partial charge in [0.15, 0.2) is 17.7 Å². The lowest BCUT2D eigenvalue weighted by Crippen LogP contribution is -2.46. The fraction of sp³-hybridized carbons (Fsp3) is 0.636. The van der Waals surface area contributed by atoms with E-state index in [1.54, 1.807) is 6.08 Å². The molecule has 0 radical (unpaired) electrons. The lowest BCUT2D eigenvalue weighted by atomic mass is 9.87. The molecular weight excluding hydrogens is 891 g/mol. The summed E-state index contributed by atoms with van der Waals surface area (Å²) in [6.07, 6.45) is 6.94. The van der Waals surface area contributed by atoms with Crippen molar-refractivity contribution < 1.29 is 80.5 Å². The molecule has 28 heteroatoms. The summed E-state index contributed by atoms with van der Waals surface area (Å²) < 4.78 is 62.2. The minimum atomic E-state index is -5.57. The molecule has 1 aliphatic rings. The van der Waals surface area contributed by atoms with Crippen molar-refractivity contribution in [1.29, 1.82) is 0 Å². The van der Waals surface area contributed by atoms with Crippen LogP contribution >= 0.6 is 35.2 Å². The summed E-state index contributed by atoms with van der Waals surface area (Å²) in [7, 11) is -16.4. The maximum absolute atomic E-state index is 12.7. The van der Waals surface area contributed by atoms with Crippen molar-refractivity contribution in [2.24, 2.45) is 5.41 Å². The number of aromatic nitrogens is 4. The van der Waals surface area contributed by atoms with Gasteiger partial charge in [-0.1, -0.05) is 76.4 Å². The number of thioether (sulfide) groups is 1. The number of phosphoric acid groups is 3. The minimum Gasteiger partial charge on any atom is -0.386 e. The summed E-state index contributed by atoms with van der Waals surface area (Å²) >= 11 is 1.03. The van der Waals surface area contributed by atoms with E-state index < -0.39 is 84.6 Å². The number of aliphatic hydroxyl groups is 2. The summed E-state index contributed by atoms with van der Waals surface area (Å²) in [6, 6.07) is 0. The van der Waals surface area contributed by atoms with Gasteiger partial charge in [0.1, 0.15) is 36.3 Å². The van der Waals surface area contributed by atoms with Crippen LogP contribution in [0.2, 0.25) is 0 Å². The van der Waals surface area contributed by atoms with Crippen molar-refractivity contribution in [3.8, 4) is 0 Å². The molecule has 24 nitrogen and oxygen atoms in total. The number of anilines is 1. The van der Waals surface area contributed by atoms with Crippen molar-refractivity contribution in [3.05, 3.63) is 37.0 Å². The van der Waals surface area contributed by atoms with Crippen molar-refractivity contribution in [1.82, 2.24) is 30.2 Å². The molecule has 1 aliphatic heterocycles. The summed E-state index contributed by atoms with van der Waals surface area (Å²) in [4.78, 5) is 87.8. The molecule has 2 amide bonds. The number of nitrogens with one attached hydrogen (secondary N) is 2. The van der Waals surface area contributed by atoms with Crippen LogP contribution in [0.4, 0.5) is 5.82 Å². The maximum atomic E-state index is 12.7. The van der Waals surface area contributed by atoms with Gasteiger partial charge in [0.25, 0.3) is 0 Å². The number of rotatable bonds is 27. The lowest BCUT2D eigenvalue weighted by Gasteiger charge is -2.30. The number of nitrogen functional groups attached to an aromatic ring is 1. The topological polar surface area (TPSA) is 364 Å². The molecule has 0 saturated carbocycles. The maximum Gasteiger partial charge on any atom is 0.481 e. The number of ether oxygens (including phenoxy) is 1. The Morgan fingerprint density at radius 2 is 1.72 bits per heavy atom. The van der Waals surface area contributed by atoms with Crippen LogP contribution in [0.3, 0.4) is 0 Å². The van der Waals surface area contributed by atoms with Gasteiger partial charge in [-0.2, -0.15) is 4.31 Å². The van der Waals surface area contributed by atoms with Crippen LogP contribution in [0.25, 0.3) is 11.2 Å². The Bertz CT molecular complexity index is 1980. The fourth-order valence-corrected chi connectivity index (χ4v) is 8.91. The number of hydrogen-bond donors (Lipinski definition) is 9. The second-order valence-corrected chi connectivity index (χ2v) is 19.6. The first-order valence-electron chi connectivity index (χ1n) is 18.9. The van der Waals surface area contributed by atoms with Gasteiger partial charge >= 0.3 is 23.5 Å². The zero-order chi connectivity index (χ0) is 45.4. The molecule has 1 fully saturated rings. The Morgan fingerprint density at radius 1 is 1.02 bits per heavy atom. The average Bonchev–Trinajstić information content (AvgIpc) is 3.73. The molecule has 0 aromatic carbocycles. The number of unbranched alkanes of at least 4 members (excludes halogenated alkanes) is 5. The molecule has 3 rings (SSSR count). The van der Waals surface area contributed by atoms with Gasteiger partial charge in [-0.05, 0) is 18.9 Å². The highest BCUT2D eigenvalue weighted by molar-refractivity contribution is 8.14. The third-order valence-electron chi connectivity index (χ3n) is 8.70. The second kappa shape index (κ2) is 24.2. The normalized spacial score (nSPS) is 21.1. The van der Waals surface area contributed by atoms with E-state index in [9.17, 15) is 57.9 Å². The number of phosphoric ester groups is 3. The molecule has 0 aliphatic carbocycles. The molecule has 61 heavy (non-hydrogen) atoms. The van der Waals surface area contributed by atoms with Gasteiger partial charge < -0.3 is 50.9 Å². The molecule has 10 N–H and O–H groups in total. The van der Waals surface area contributed by atoms with Crippen LogP contribution in [0, 0.1) is 5.41 Å². The second-order valence-electron chi connectivity index (χ2n) is 14.2. The van der Waals surface area contributed by atoms with E-state index >= 15 is 0 Å².